The van der Waals surface area contributed by atoms with Crippen molar-refractivity contribution in [2.75, 3.05) is 13.1 Å². The zero-order chi connectivity index (χ0) is 19.7. The summed E-state index contributed by atoms with van der Waals surface area (Å²) in [4.78, 5) is 31.4. The molecule has 0 saturated carbocycles. The molecule has 7 heteroatoms. The van der Waals surface area contributed by atoms with Crippen LogP contribution in [0.4, 0.5) is 0 Å². The highest BCUT2D eigenvalue weighted by molar-refractivity contribution is 5.79. The van der Waals surface area contributed by atoms with Gasteiger partial charge in [-0.05, 0) is 37.8 Å². The van der Waals surface area contributed by atoms with E-state index in [9.17, 15) is 14.7 Å². The Balaban J connectivity index is 1.42. The van der Waals surface area contributed by atoms with Gasteiger partial charge in [0.15, 0.2) is 0 Å². The predicted octanol–water partition coefficient (Wildman–Crippen LogP) is 1.71. The maximum atomic E-state index is 12.8. The Bertz CT molecular complexity index is 917. The molecule has 1 aromatic heterocycles. The Morgan fingerprint density at radius 1 is 1.32 bits per heavy atom. The molecule has 1 aromatic carbocycles. The second-order valence-electron chi connectivity index (χ2n) is 8.00. The van der Waals surface area contributed by atoms with E-state index in [1.165, 1.54) is 10.9 Å². The molecule has 7 nitrogen and oxygen atoms in total. The Morgan fingerprint density at radius 3 is 2.82 bits per heavy atom. The summed E-state index contributed by atoms with van der Waals surface area (Å²) in [5, 5.41) is 10.7. The van der Waals surface area contributed by atoms with Gasteiger partial charge in [-0.25, -0.2) is 4.98 Å². The van der Waals surface area contributed by atoms with Crippen molar-refractivity contribution in [3.05, 3.63) is 40.9 Å². The monoisotopic (exact) mass is 385 g/mol. The van der Waals surface area contributed by atoms with Crippen LogP contribution in [0.5, 0.6) is 0 Å². The largest absolute Gasteiger partial charge is 0.393 e. The van der Waals surface area contributed by atoms with Crippen LogP contribution in [-0.4, -0.2) is 56.4 Å². The molecular formula is C21H27N3O4. The zero-order valence-corrected chi connectivity index (χ0v) is 16.2. The van der Waals surface area contributed by atoms with E-state index in [4.69, 9.17) is 4.74 Å². The van der Waals surface area contributed by atoms with E-state index in [-0.39, 0.29) is 35.8 Å². The number of aliphatic hydroxyl groups excluding tert-OH is 1. The minimum atomic E-state index is -0.330. The highest BCUT2D eigenvalue weighted by Gasteiger charge is 2.43. The van der Waals surface area contributed by atoms with Crippen LogP contribution < -0.4 is 5.56 Å². The minimum absolute atomic E-state index is 0.00919. The fourth-order valence-corrected chi connectivity index (χ4v) is 4.47. The summed E-state index contributed by atoms with van der Waals surface area (Å²) in [5.41, 5.74) is 0.114. The van der Waals surface area contributed by atoms with E-state index in [0.717, 1.165) is 19.3 Å². The molecule has 0 unspecified atom stereocenters. The lowest BCUT2D eigenvalue weighted by Crippen LogP contribution is -2.54. The number of carbonyl (C=O) groups is 1. The number of piperidine rings is 1. The zero-order valence-electron chi connectivity index (χ0n) is 16.2. The topological polar surface area (TPSA) is 84.7 Å². The van der Waals surface area contributed by atoms with E-state index in [1.807, 2.05) is 6.07 Å². The molecule has 1 spiro atoms. The van der Waals surface area contributed by atoms with Gasteiger partial charge in [-0.2, -0.15) is 0 Å². The van der Waals surface area contributed by atoms with Gasteiger partial charge in [-0.1, -0.05) is 19.1 Å². The summed E-state index contributed by atoms with van der Waals surface area (Å²) in [6.07, 6.45) is 4.86. The molecule has 150 valence electrons. The van der Waals surface area contributed by atoms with Gasteiger partial charge in [-0.15, -0.1) is 0 Å². The summed E-state index contributed by atoms with van der Waals surface area (Å²) < 4.78 is 7.66. The van der Waals surface area contributed by atoms with Crippen LogP contribution in [0.3, 0.4) is 0 Å². The first-order chi connectivity index (χ1) is 13.5. The normalized spacial score (nSPS) is 24.6. The van der Waals surface area contributed by atoms with Crippen molar-refractivity contribution < 1.29 is 14.6 Å². The average Bonchev–Trinajstić information content (AvgIpc) is 2.70. The number of rotatable bonds is 3. The van der Waals surface area contributed by atoms with Crippen LogP contribution in [0.2, 0.25) is 0 Å². The predicted molar refractivity (Wildman–Crippen MR) is 105 cm³/mol. The number of hydrogen-bond donors (Lipinski definition) is 1. The van der Waals surface area contributed by atoms with Crippen LogP contribution in [0.25, 0.3) is 10.9 Å². The third-order valence-corrected chi connectivity index (χ3v) is 6.08. The summed E-state index contributed by atoms with van der Waals surface area (Å²) in [5.74, 6) is -0.0857. The molecule has 2 aromatic rings. The van der Waals surface area contributed by atoms with Gasteiger partial charge < -0.3 is 14.7 Å². The van der Waals surface area contributed by atoms with Crippen molar-refractivity contribution >= 4 is 16.8 Å². The van der Waals surface area contributed by atoms with Crippen molar-refractivity contribution in [1.29, 1.82) is 0 Å². The number of amides is 1. The smallest absolute Gasteiger partial charge is 0.261 e. The van der Waals surface area contributed by atoms with Crippen molar-refractivity contribution in [2.24, 2.45) is 0 Å². The Labute approximate surface area is 163 Å². The molecule has 0 aliphatic carbocycles. The van der Waals surface area contributed by atoms with Crippen molar-refractivity contribution in [2.45, 2.75) is 63.4 Å². The second-order valence-corrected chi connectivity index (χ2v) is 8.00. The lowest BCUT2D eigenvalue weighted by Gasteiger charge is -2.47. The molecule has 3 heterocycles. The third-order valence-electron chi connectivity index (χ3n) is 6.08. The first-order valence-electron chi connectivity index (χ1n) is 10.1. The van der Waals surface area contributed by atoms with E-state index in [2.05, 4.69) is 11.9 Å². The number of aliphatic hydroxyl groups is 1. The van der Waals surface area contributed by atoms with E-state index in [0.29, 0.717) is 36.8 Å². The number of hydrogen-bond acceptors (Lipinski definition) is 5. The number of aromatic nitrogens is 2. The van der Waals surface area contributed by atoms with Crippen LogP contribution in [0, 0.1) is 0 Å². The van der Waals surface area contributed by atoms with Gasteiger partial charge in [0.25, 0.3) is 5.56 Å². The Hall–Kier alpha value is -2.25. The fraction of sp³-hybridized carbons (Fsp3) is 0.571. The second kappa shape index (κ2) is 7.64. The van der Waals surface area contributed by atoms with Crippen LogP contribution in [0.15, 0.2) is 35.4 Å². The van der Waals surface area contributed by atoms with Crippen molar-refractivity contribution in [3.63, 3.8) is 0 Å². The number of carbonyl (C=O) groups excluding carboxylic acids is 1. The summed E-state index contributed by atoms with van der Waals surface area (Å²) >= 11 is 0. The van der Waals surface area contributed by atoms with Gasteiger partial charge >= 0.3 is 0 Å². The highest BCUT2D eigenvalue weighted by atomic mass is 16.5. The molecular weight excluding hydrogens is 358 g/mol. The number of nitrogens with zero attached hydrogens (tertiary/aromatic N) is 3. The maximum Gasteiger partial charge on any atom is 0.261 e. The molecule has 4 rings (SSSR count). The lowest BCUT2D eigenvalue weighted by atomic mass is 9.81. The molecule has 0 bridgehead atoms. The quantitative estimate of drug-likeness (QED) is 0.869. The van der Waals surface area contributed by atoms with Gasteiger partial charge in [0.2, 0.25) is 5.91 Å². The first kappa shape index (κ1) is 19.1. The molecule has 1 N–H and O–H groups in total. The van der Waals surface area contributed by atoms with Crippen LogP contribution in [0.1, 0.15) is 39.0 Å². The molecule has 2 saturated heterocycles. The number of fused-ring (bicyclic) bond motifs is 1. The van der Waals surface area contributed by atoms with E-state index >= 15 is 0 Å². The highest BCUT2D eigenvalue weighted by Crippen LogP contribution is 2.38. The van der Waals surface area contributed by atoms with Gasteiger partial charge in [0, 0.05) is 19.5 Å². The molecule has 0 radical (unpaired) electrons. The average molecular weight is 385 g/mol. The molecule has 2 atom stereocenters. The summed E-state index contributed by atoms with van der Waals surface area (Å²) in [6, 6.07) is 7.15. The van der Waals surface area contributed by atoms with E-state index < -0.39 is 0 Å². The Kier molecular flexibility index (Phi) is 5.21. The fourth-order valence-electron chi connectivity index (χ4n) is 4.47. The lowest BCUT2D eigenvalue weighted by molar-refractivity contribution is -0.184. The number of likely N-dealkylation sites (tertiary alicyclic amines) is 1. The van der Waals surface area contributed by atoms with Crippen LogP contribution in [-0.2, 0) is 16.1 Å². The minimum Gasteiger partial charge on any atom is -0.393 e. The summed E-state index contributed by atoms with van der Waals surface area (Å²) in [6.45, 7) is 3.23. The molecule has 1 amide bonds. The standard InChI is InChI=1S/C21H27N3O4/c1-2-16-11-15(25)12-21(28-16)7-9-23(10-8-21)19(26)13-24-14-22-18-6-4-3-5-17(18)20(24)27/h3-6,14-16,25H,2,7-13H2,1H3/t15-,16+/m1/s1. The molecule has 2 fully saturated rings. The first-order valence-corrected chi connectivity index (χ1v) is 10.1. The number of ether oxygens (including phenoxy) is 1. The number of benzene rings is 1. The molecule has 28 heavy (non-hydrogen) atoms. The molecule has 2 aliphatic heterocycles. The molecule has 2 aliphatic rings. The Morgan fingerprint density at radius 2 is 2.07 bits per heavy atom. The third kappa shape index (κ3) is 3.69. The van der Waals surface area contributed by atoms with E-state index in [1.54, 1.807) is 23.1 Å². The number of para-hydroxylation sites is 1. The summed E-state index contributed by atoms with van der Waals surface area (Å²) in [7, 11) is 0. The van der Waals surface area contributed by atoms with Crippen molar-refractivity contribution in [1.82, 2.24) is 14.5 Å². The van der Waals surface area contributed by atoms with Crippen molar-refractivity contribution in [3.8, 4) is 0 Å². The van der Waals surface area contributed by atoms with Gasteiger partial charge in [-0.3, -0.25) is 14.2 Å². The SMILES string of the molecule is CC[C@H]1C[C@@H](O)CC2(CCN(C(=O)Cn3cnc4ccccc4c3=O)CC2)O1. The van der Waals surface area contributed by atoms with Gasteiger partial charge in [0.05, 0.1) is 35.0 Å². The maximum absolute atomic E-state index is 12.8. The van der Waals surface area contributed by atoms with Crippen LogP contribution >= 0.6 is 0 Å². The van der Waals surface area contributed by atoms with Gasteiger partial charge in [0.1, 0.15) is 6.54 Å².